The number of allylic oxidation sites excluding steroid dienone is 4. The smallest absolute Gasteiger partial charge is 0.330 e. The molecule has 0 aromatic rings. The molecule has 70 valence electrons. The number of ether oxygens (including phenoxy) is 1. The van der Waals surface area contributed by atoms with Gasteiger partial charge in [-0.2, -0.15) is 0 Å². The third kappa shape index (κ3) is 5.01. The molecular formula is C11H14O2. The lowest BCUT2D eigenvalue weighted by Crippen LogP contribution is -2.01. The first-order valence-electron chi connectivity index (χ1n) is 4.54. The Labute approximate surface area is 78.6 Å². The van der Waals surface area contributed by atoms with E-state index in [1.807, 2.05) is 24.3 Å². The Morgan fingerprint density at radius 1 is 1.00 bits per heavy atom. The Balaban J connectivity index is 2.45. The lowest BCUT2D eigenvalue weighted by molar-refractivity contribution is -0.137. The monoisotopic (exact) mass is 178 g/mol. The number of hydrogen-bond acceptors (Lipinski definition) is 2. The maximum atomic E-state index is 10.9. The van der Waals surface area contributed by atoms with Crippen molar-refractivity contribution >= 4 is 5.97 Å². The van der Waals surface area contributed by atoms with Crippen molar-refractivity contribution < 1.29 is 9.53 Å². The van der Waals surface area contributed by atoms with Crippen molar-refractivity contribution in [1.29, 1.82) is 0 Å². The van der Waals surface area contributed by atoms with E-state index >= 15 is 0 Å². The Bertz CT molecular complexity index is 236. The van der Waals surface area contributed by atoms with E-state index in [4.69, 9.17) is 4.74 Å². The zero-order valence-electron chi connectivity index (χ0n) is 7.61. The average Bonchev–Trinajstić information content (AvgIpc) is 2.11. The zero-order valence-corrected chi connectivity index (χ0v) is 7.61. The van der Waals surface area contributed by atoms with Gasteiger partial charge >= 0.3 is 5.97 Å². The summed E-state index contributed by atoms with van der Waals surface area (Å²) < 4.78 is 4.91. The van der Waals surface area contributed by atoms with Gasteiger partial charge in [-0.3, -0.25) is 0 Å². The molecule has 0 saturated carbocycles. The van der Waals surface area contributed by atoms with Crippen LogP contribution in [0.1, 0.15) is 19.3 Å². The summed E-state index contributed by atoms with van der Waals surface area (Å²) in [4.78, 5) is 10.9. The van der Waals surface area contributed by atoms with Gasteiger partial charge in [-0.15, -0.1) is 0 Å². The molecule has 0 bridgehead atoms. The van der Waals surface area contributed by atoms with E-state index in [9.17, 15) is 4.79 Å². The summed E-state index contributed by atoms with van der Waals surface area (Å²) in [7, 11) is 0. The first-order chi connectivity index (χ1) is 6.39. The molecule has 1 heterocycles. The van der Waals surface area contributed by atoms with Crippen LogP contribution in [0.15, 0.2) is 36.5 Å². The van der Waals surface area contributed by atoms with Crippen LogP contribution in [0.3, 0.4) is 0 Å². The second-order valence-electron chi connectivity index (χ2n) is 2.79. The Morgan fingerprint density at radius 3 is 2.54 bits per heavy atom. The number of rotatable bonds is 0. The highest BCUT2D eigenvalue weighted by Gasteiger charge is 1.94. The highest BCUT2D eigenvalue weighted by molar-refractivity contribution is 5.81. The molecule has 0 unspecified atom stereocenters. The topological polar surface area (TPSA) is 26.3 Å². The maximum Gasteiger partial charge on any atom is 0.330 e. The molecule has 0 N–H and O–H groups in total. The summed E-state index contributed by atoms with van der Waals surface area (Å²) in [5.74, 6) is -0.238. The van der Waals surface area contributed by atoms with Crippen LogP contribution in [0.25, 0.3) is 0 Å². The summed E-state index contributed by atoms with van der Waals surface area (Å²) in [6.45, 7) is 0.466. The highest BCUT2D eigenvalue weighted by Crippen LogP contribution is 1.97. The van der Waals surface area contributed by atoms with Gasteiger partial charge in [0.05, 0.1) is 6.61 Å². The van der Waals surface area contributed by atoms with Crippen LogP contribution in [-0.2, 0) is 9.53 Å². The van der Waals surface area contributed by atoms with Gasteiger partial charge in [0.1, 0.15) is 0 Å². The van der Waals surface area contributed by atoms with Gasteiger partial charge in [-0.1, -0.05) is 30.4 Å². The molecule has 2 nitrogen and oxygen atoms in total. The van der Waals surface area contributed by atoms with Crippen molar-refractivity contribution in [3.05, 3.63) is 36.5 Å². The summed E-state index contributed by atoms with van der Waals surface area (Å²) in [5, 5.41) is 0. The molecule has 0 radical (unpaired) electrons. The van der Waals surface area contributed by atoms with Crippen molar-refractivity contribution in [2.24, 2.45) is 0 Å². The molecule has 1 aliphatic heterocycles. The fourth-order valence-corrected chi connectivity index (χ4v) is 0.997. The number of hydrogen-bond donors (Lipinski definition) is 0. The summed E-state index contributed by atoms with van der Waals surface area (Å²) in [5.41, 5.74) is 0. The normalized spacial score (nSPS) is 26.3. The molecule has 0 spiro atoms. The van der Waals surface area contributed by atoms with Crippen molar-refractivity contribution in [2.75, 3.05) is 6.61 Å². The fraction of sp³-hybridized carbons (Fsp3) is 0.364. The standard InChI is InChI=1S/C11H14O2/c12-11-9-7-5-3-1-2-4-6-8-10-13-11/h1-2,4,6-7,9H,3,5,8,10H2/b2-1+,6-4-,9-7+. The highest BCUT2D eigenvalue weighted by atomic mass is 16.5. The predicted molar refractivity (Wildman–Crippen MR) is 52.2 cm³/mol. The summed E-state index contributed by atoms with van der Waals surface area (Å²) in [6.07, 6.45) is 14.1. The second-order valence-corrected chi connectivity index (χ2v) is 2.79. The Hall–Kier alpha value is -1.31. The third-order valence-electron chi connectivity index (χ3n) is 1.67. The maximum absolute atomic E-state index is 10.9. The zero-order chi connectivity index (χ0) is 9.36. The largest absolute Gasteiger partial charge is 0.462 e. The molecule has 0 amide bonds. The van der Waals surface area contributed by atoms with E-state index in [1.54, 1.807) is 0 Å². The minimum Gasteiger partial charge on any atom is -0.462 e. The van der Waals surface area contributed by atoms with Gasteiger partial charge in [0.25, 0.3) is 0 Å². The number of cyclic esters (lactones) is 1. The number of carbonyl (C=O) groups excluding carboxylic acids is 1. The Morgan fingerprint density at radius 2 is 1.69 bits per heavy atom. The first-order valence-corrected chi connectivity index (χ1v) is 4.54. The molecule has 0 atom stereocenters. The van der Waals surface area contributed by atoms with E-state index < -0.39 is 0 Å². The third-order valence-corrected chi connectivity index (χ3v) is 1.67. The summed E-state index contributed by atoms with van der Waals surface area (Å²) in [6, 6.07) is 0. The van der Waals surface area contributed by atoms with Crippen LogP contribution in [-0.4, -0.2) is 12.6 Å². The number of esters is 1. The molecule has 1 aliphatic rings. The van der Waals surface area contributed by atoms with E-state index in [1.165, 1.54) is 6.08 Å². The van der Waals surface area contributed by atoms with Gasteiger partial charge in [-0.05, 0) is 19.3 Å². The molecule has 0 fully saturated rings. The van der Waals surface area contributed by atoms with Gasteiger partial charge < -0.3 is 4.74 Å². The van der Waals surface area contributed by atoms with Crippen LogP contribution in [0.4, 0.5) is 0 Å². The van der Waals surface area contributed by atoms with Crippen molar-refractivity contribution in [2.45, 2.75) is 19.3 Å². The molecule has 13 heavy (non-hydrogen) atoms. The van der Waals surface area contributed by atoms with E-state index in [0.717, 1.165) is 19.3 Å². The van der Waals surface area contributed by atoms with Gasteiger partial charge in [-0.25, -0.2) is 4.79 Å². The quantitative estimate of drug-likeness (QED) is 0.532. The molecule has 0 aromatic heterocycles. The lowest BCUT2D eigenvalue weighted by Gasteiger charge is -1.98. The minimum atomic E-state index is -0.238. The van der Waals surface area contributed by atoms with E-state index in [-0.39, 0.29) is 5.97 Å². The number of carbonyl (C=O) groups is 1. The van der Waals surface area contributed by atoms with Gasteiger partial charge in [0, 0.05) is 6.08 Å². The SMILES string of the molecule is O=C1/C=C/CC/C=C/C=C\CCO1. The second kappa shape index (κ2) is 6.23. The minimum absolute atomic E-state index is 0.238. The van der Waals surface area contributed by atoms with Crippen LogP contribution < -0.4 is 0 Å². The van der Waals surface area contributed by atoms with Crippen molar-refractivity contribution in [3.63, 3.8) is 0 Å². The van der Waals surface area contributed by atoms with Gasteiger partial charge in [0.15, 0.2) is 0 Å². The predicted octanol–water partition coefficient (Wildman–Crippen LogP) is 2.38. The van der Waals surface area contributed by atoms with Crippen molar-refractivity contribution in [1.82, 2.24) is 0 Å². The van der Waals surface area contributed by atoms with E-state index in [2.05, 4.69) is 6.08 Å². The van der Waals surface area contributed by atoms with Crippen LogP contribution >= 0.6 is 0 Å². The van der Waals surface area contributed by atoms with Crippen LogP contribution in [0, 0.1) is 0 Å². The Kier molecular flexibility index (Phi) is 4.69. The van der Waals surface area contributed by atoms with E-state index in [0.29, 0.717) is 6.61 Å². The molecular weight excluding hydrogens is 164 g/mol. The summed E-state index contributed by atoms with van der Waals surface area (Å²) >= 11 is 0. The van der Waals surface area contributed by atoms with Crippen LogP contribution in [0.2, 0.25) is 0 Å². The fourth-order valence-electron chi connectivity index (χ4n) is 0.997. The first kappa shape index (κ1) is 9.78. The van der Waals surface area contributed by atoms with Crippen molar-refractivity contribution in [3.8, 4) is 0 Å². The van der Waals surface area contributed by atoms with Crippen LogP contribution in [0.5, 0.6) is 0 Å². The molecule has 2 heteroatoms. The molecule has 0 aliphatic carbocycles. The lowest BCUT2D eigenvalue weighted by atomic mass is 10.2. The molecule has 0 aromatic carbocycles. The molecule has 0 saturated heterocycles. The molecule has 1 rings (SSSR count). The van der Waals surface area contributed by atoms with Gasteiger partial charge in [0.2, 0.25) is 0 Å². The average molecular weight is 178 g/mol.